The molecule has 0 spiro atoms. The highest BCUT2D eigenvalue weighted by atomic mass is 79.9. The zero-order chi connectivity index (χ0) is 18.1. The first-order valence-corrected chi connectivity index (χ1v) is 8.78. The maximum Gasteiger partial charge on any atom is 0.229 e. The van der Waals surface area contributed by atoms with Crippen LogP contribution in [-0.4, -0.2) is 18.4 Å². The van der Waals surface area contributed by atoms with Gasteiger partial charge in [-0.2, -0.15) is 0 Å². The SMILES string of the molecule is Cc1c(Br)ccc(NC(=O)[C@H]2CC(=O)N(c3ccc(F)cc3)C2)c1C. The van der Waals surface area contributed by atoms with Gasteiger partial charge in [-0.25, -0.2) is 4.39 Å². The summed E-state index contributed by atoms with van der Waals surface area (Å²) in [5.74, 6) is -1.09. The van der Waals surface area contributed by atoms with Crippen LogP contribution in [0, 0.1) is 25.6 Å². The van der Waals surface area contributed by atoms with Gasteiger partial charge in [0, 0.05) is 28.8 Å². The van der Waals surface area contributed by atoms with Crippen molar-refractivity contribution < 1.29 is 14.0 Å². The van der Waals surface area contributed by atoms with Crippen molar-refractivity contribution in [1.82, 2.24) is 0 Å². The largest absolute Gasteiger partial charge is 0.326 e. The van der Waals surface area contributed by atoms with E-state index in [1.165, 1.54) is 17.0 Å². The number of carbonyl (C=O) groups is 2. The quantitative estimate of drug-likeness (QED) is 0.833. The molecule has 0 bridgehead atoms. The van der Waals surface area contributed by atoms with Gasteiger partial charge in [0.25, 0.3) is 0 Å². The summed E-state index contributed by atoms with van der Waals surface area (Å²) < 4.78 is 14.0. The lowest BCUT2D eigenvalue weighted by Gasteiger charge is -2.17. The van der Waals surface area contributed by atoms with E-state index in [-0.39, 0.29) is 24.1 Å². The summed E-state index contributed by atoms with van der Waals surface area (Å²) in [6.45, 7) is 4.22. The van der Waals surface area contributed by atoms with Crippen LogP contribution in [0.2, 0.25) is 0 Å². The maximum absolute atomic E-state index is 13.0. The molecule has 0 saturated carbocycles. The molecule has 0 radical (unpaired) electrons. The number of nitrogens with zero attached hydrogens (tertiary/aromatic N) is 1. The van der Waals surface area contributed by atoms with Gasteiger partial charge in [-0.05, 0) is 61.4 Å². The number of carbonyl (C=O) groups excluding carboxylic acids is 2. The number of hydrogen-bond donors (Lipinski definition) is 1. The molecule has 2 aromatic carbocycles. The minimum atomic E-state index is -0.430. The van der Waals surface area contributed by atoms with Gasteiger partial charge >= 0.3 is 0 Å². The molecule has 130 valence electrons. The van der Waals surface area contributed by atoms with E-state index in [9.17, 15) is 14.0 Å². The molecule has 0 unspecified atom stereocenters. The second-order valence-corrected chi connectivity index (χ2v) is 7.07. The summed E-state index contributed by atoms with van der Waals surface area (Å²) in [5, 5.41) is 2.92. The van der Waals surface area contributed by atoms with Crippen LogP contribution in [0.25, 0.3) is 0 Å². The third-order valence-electron chi connectivity index (χ3n) is 4.61. The monoisotopic (exact) mass is 404 g/mol. The van der Waals surface area contributed by atoms with Crippen LogP contribution in [0.1, 0.15) is 17.5 Å². The molecule has 2 amide bonds. The Morgan fingerprint density at radius 3 is 2.52 bits per heavy atom. The Labute approximate surface area is 154 Å². The van der Waals surface area contributed by atoms with Crippen molar-refractivity contribution >= 4 is 39.1 Å². The molecule has 1 atom stereocenters. The molecule has 1 N–H and O–H groups in total. The van der Waals surface area contributed by atoms with Crippen LogP contribution in [0.15, 0.2) is 40.9 Å². The van der Waals surface area contributed by atoms with Gasteiger partial charge in [0.1, 0.15) is 5.82 Å². The highest BCUT2D eigenvalue weighted by Gasteiger charge is 2.35. The van der Waals surface area contributed by atoms with Gasteiger partial charge in [-0.1, -0.05) is 15.9 Å². The average Bonchev–Trinajstić information content (AvgIpc) is 2.98. The minimum absolute atomic E-state index is 0.129. The van der Waals surface area contributed by atoms with E-state index in [1.54, 1.807) is 12.1 Å². The summed E-state index contributed by atoms with van der Waals surface area (Å²) >= 11 is 3.47. The number of halogens is 2. The van der Waals surface area contributed by atoms with Crippen molar-refractivity contribution in [2.45, 2.75) is 20.3 Å². The second-order valence-electron chi connectivity index (χ2n) is 6.22. The van der Waals surface area contributed by atoms with E-state index >= 15 is 0 Å². The van der Waals surface area contributed by atoms with E-state index in [4.69, 9.17) is 0 Å². The number of anilines is 2. The minimum Gasteiger partial charge on any atom is -0.326 e. The molecule has 1 aliphatic heterocycles. The molecule has 25 heavy (non-hydrogen) atoms. The molecule has 1 heterocycles. The van der Waals surface area contributed by atoms with Crippen LogP contribution in [0.4, 0.5) is 15.8 Å². The first-order chi connectivity index (χ1) is 11.9. The molecule has 0 aliphatic carbocycles. The third kappa shape index (κ3) is 3.58. The highest BCUT2D eigenvalue weighted by Crippen LogP contribution is 2.29. The summed E-state index contributed by atoms with van der Waals surface area (Å²) in [4.78, 5) is 26.3. The lowest BCUT2D eigenvalue weighted by atomic mass is 10.1. The Morgan fingerprint density at radius 1 is 1.16 bits per heavy atom. The zero-order valence-electron chi connectivity index (χ0n) is 14.0. The van der Waals surface area contributed by atoms with Crippen molar-refractivity contribution in [2.24, 2.45) is 5.92 Å². The Bertz CT molecular complexity index is 836. The van der Waals surface area contributed by atoms with Gasteiger partial charge in [-0.15, -0.1) is 0 Å². The lowest BCUT2D eigenvalue weighted by molar-refractivity contribution is -0.122. The summed E-state index contributed by atoms with van der Waals surface area (Å²) in [6, 6.07) is 9.46. The van der Waals surface area contributed by atoms with E-state index in [0.717, 1.165) is 21.3 Å². The smallest absolute Gasteiger partial charge is 0.229 e. The van der Waals surface area contributed by atoms with Crippen molar-refractivity contribution in [1.29, 1.82) is 0 Å². The Hall–Kier alpha value is -2.21. The predicted octanol–water partition coefficient (Wildman–Crippen LogP) is 4.20. The standard InChI is InChI=1S/C19H18BrFN2O2/c1-11-12(2)17(8-7-16(11)20)22-19(25)13-9-18(24)23(10-13)15-5-3-14(21)4-6-15/h3-8,13H,9-10H2,1-2H3,(H,22,25)/t13-/m0/s1. The Balaban J connectivity index is 1.73. The van der Waals surface area contributed by atoms with E-state index in [1.807, 2.05) is 26.0 Å². The first-order valence-electron chi connectivity index (χ1n) is 7.99. The molecule has 1 fully saturated rings. The van der Waals surface area contributed by atoms with E-state index < -0.39 is 5.92 Å². The van der Waals surface area contributed by atoms with Crippen molar-refractivity contribution in [2.75, 3.05) is 16.8 Å². The van der Waals surface area contributed by atoms with Crippen molar-refractivity contribution in [3.63, 3.8) is 0 Å². The van der Waals surface area contributed by atoms with Gasteiger partial charge in [0.15, 0.2) is 0 Å². The summed E-state index contributed by atoms with van der Waals surface area (Å²) in [7, 11) is 0. The Kier molecular flexibility index (Phi) is 4.90. The lowest BCUT2D eigenvalue weighted by Crippen LogP contribution is -2.28. The van der Waals surface area contributed by atoms with E-state index in [2.05, 4.69) is 21.2 Å². The van der Waals surface area contributed by atoms with Crippen LogP contribution in [0.5, 0.6) is 0 Å². The maximum atomic E-state index is 13.0. The molecule has 1 aliphatic rings. The fourth-order valence-electron chi connectivity index (χ4n) is 2.91. The molecule has 3 rings (SSSR count). The molecular weight excluding hydrogens is 387 g/mol. The number of rotatable bonds is 3. The van der Waals surface area contributed by atoms with Gasteiger partial charge in [0.2, 0.25) is 11.8 Å². The molecule has 1 saturated heterocycles. The fraction of sp³-hybridized carbons (Fsp3) is 0.263. The second kappa shape index (κ2) is 6.96. The van der Waals surface area contributed by atoms with Crippen LogP contribution >= 0.6 is 15.9 Å². The van der Waals surface area contributed by atoms with E-state index in [0.29, 0.717) is 12.2 Å². The summed E-state index contributed by atoms with van der Waals surface area (Å²) in [5.41, 5.74) is 3.41. The van der Waals surface area contributed by atoms with Crippen LogP contribution < -0.4 is 10.2 Å². The van der Waals surface area contributed by atoms with Crippen molar-refractivity contribution in [3.8, 4) is 0 Å². The van der Waals surface area contributed by atoms with Gasteiger partial charge in [0.05, 0.1) is 5.92 Å². The van der Waals surface area contributed by atoms with Crippen LogP contribution in [-0.2, 0) is 9.59 Å². The Morgan fingerprint density at radius 2 is 1.84 bits per heavy atom. The summed E-state index contributed by atoms with van der Waals surface area (Å²) in [6.07, 6.45) is 0.151. The molecule has 0 aromatic heterocycles. The van der Waals surface area contributed by atoms with Crippen molar-refractivity contribution in [3.05, 3.63) is 57.8 Å². The fourth-order valence-corrected chi connectivity index (χ4v) is 3.34. The number of nitrogens with one attached hydrogen (secondary N) is 1. The zero-order valence-corrected chi connectivity index (χ0v) is 15.6. The number of hydrogen-bond acceptors (Lipinski definition) is 2. The molecule has 6 heteroatoms. The molecule has 4 nitrogen and oxygen atoms in total. The molecular formula is C19H18BrFN2O2. The normalized spacial score (nSPS) is 17.0. The van der Waals surface area contributed by atoms with Gasteiger partial charge < -0.3 is 10.2 Å². The van der Waals surface area contributed by atoms with Gasteiger partial charge in [-0.3, -0.25) is 9.59 Å². The highest BCUT2D eigenvalue weighted by molar-refractivity contribution is 9.10. The number of amides is 2. The average molecular weight is 405 g/mol. The molecule has 2 aromatic rings. The third-order valence-corrected chi connectivity index (χ3v) is 5.47. The topological polar surface area (TPSA) is 49.4 Å². The van der Waals surface area contributed by atoms with Crippen LogP contribution in [0.3, 0.4) is 0 Å². The predicted molar refractivity (Wildman–Crippen MR) is 99.1 cm³/mol. The first kappa shape index (κ1) is 17.6. The number of benzene rings is 2.